The molecule has 2 amide bonds. The number of hydrogen-bond acceptors (Lipinski definition) is 3. The van der Waals surface area contributed by atoms with Crippen molar-refractivity contribution in [3.63, 3.8) is 0 Å². The van der Waals surface area contributed by atoms with Gasteiger partial charge in [0.25, 0.3) is 11.8 Å². The van der Waals surface area contributed by atoms with Crippen LogP contribution in [0.25, 0.3) is 0 Å². The molecule has 2 N–H and O–H groups in total. The average Bonchev–Trinajstić information content (AvgIpc) is 2.62. The average molecular weight is 374 g/mol. The fourth-order valence-electron chi connectivity index (χ4n) is 2.61. The number of methoxy groups -OCH3 is 1. The highest BCUT2D eigenvalue weighted by molar-refractivity contribution is 5.91. The van der Waals surface area contributed by atoms with Gasteiger partial charge in [-0.25, -0.2) is 4.39 Å². The zero-order valence-corrected chi connectivity index (χ0v) is 15.8. The van der Waals surface area contributed by atoms with Crippen LogP contribution >= 0.6 is 0 Å². The van der Waals surface area contributed by atoms with Crippen LogP contribution in [0.4, 0.5) is 10.1 Å². The summed E-state index contributed by atoms with van der Waals surface area (Å²) in [5.74, 6) is 0.0845. The summed E-state index contributed by atoms with van der Waals surface area (Å²) < 4.78 is 18.3. The van der Waals surface area contributed by atoms with Crippen molar-refractivity contribution in [1.29, 1.82) is 0 Å². The molecule has 1 unspecified atom stereocenters. The Kier molecular flexibility index (Phi) is 7.31. The predicted molar refractivity (Wildman–Crippen MR) is 101 cm³/mol. The number of quaternary nitrogens is 1. The second-order valence-corrected chi connectivity index (χ2v) is 6.47. The van der Waals surface area contributed by atoms with Gasteiger partial charge in [-0.05, 0) is 42.0 Å². The van der Waals surface area contributed by atoms with Crippen LogP contribution in [-0.4, -0.2) is 51.0 Å². The molecule has 0 saturated carbocycles. The topological polar surface area (TPSA) is 63.1 Å². The number of nitrogens with one attached hydrogen (secondary N) is 2. The summed E-state index contributed by atoms with van der Waals surface area (Å²) in [6.45, 7) is 0.648. The van der Waals surface area contributed by atoms with Gasteiger partial charge in [-0.15, -0.1) is 0 Å². The van der Waals surface area contributed by atoms with Gasteiger partial charge in [0.15, 0.2) is 13.1 Å². The van der Waals surface area contributed by atoms with E-state index in [-0.39, 0.29) is 30.7 Å². The first kappa shape index (κ1) is 20.4. The van der Waals surface area contributed by atoms with E-state index in [9.17, 15) is 14.0 Å². The smallest absolute Gasteiger partial charge is 0.279 e. The van der Waals surface area contributed by atoms with Crippen LogP contribution in [0.1, 0.15) is 5.56 Å². The van der Waals surface area contributed by atoms with Gasteiger partial charge < -0.3 is 19.9 Å². The zero-order valence-electron chi connectivity index (χ0n) is 15.8. The zero-order chi connectivity index (χ0) is 19.8. The van der Waals surface area contributed by atoms with Gasteiger partial charge in [0.2, 0.25) is 0 Å². The van der Waals surface area contributed by atoms with Crippen LogP contribution in [0.15, 0.2) is 48.5 Å². The minimum Gasteiger partial charge on any atom is -0.497 e. The van der Waals surface area contributed by atoms with E-state index >= 15 is 0 Å². The molecule has 27 heavy (non-hydrogen) atoms. The molecule has 2 rings (SSSR count). The van der Waals surface area contributed by atoms with Crippen molar-refractivity contribution in [3.05, 3.63) is 59.9 Å². The minimum atomic E-state index is -0.328. The Morgan fingerprint density at radius 2 is 1.85 bits per heavy atom. The maximum absolute atomic E-state index is 13.2. The van der Waals surface area contributed by atoms with Gasteiger partial charge in [-0.2, -0.15) is 0 Å². The molecule has 0 bridgehead atoms. The Labute approximate surface area is 158 Å². The Bertz CT molecular complexity index is 780. The van der Waals surface area contributed by atoms with E-state index in [0.29, 0.717) is 18.0 Å². The molecule has 0 saturated heterocycles. The molecule has 0 aliphatic carbocycles. The number of anilines is 1. The summed E-state index contributed by atoms with van der Waals surface area (Å²) in [4.78, 5) is 26.7. The molecule has 0 aliphatic heterocycles. The highest BCUT2D eigenvalue weighted by Gasteiger charge is 2.17. The maximum Gasteiger partial charge on any atom is 0.279 e. The Morgan fingerprint density at radius 3 is 2.48 bits per heavy atom. The molecule has 0 aliphatic rings. The van der Waals surface area contributed by atoms with Crippen molar-refractivity contribution in [3.8, 4) is 5.75 Å². The lowest BCUT2D eigenvalue weighted by Crippen LogP contribution is -3.11. The first-order chi connectivity index (χ1) is 12.9. The monoisotopic (exact) mass is 374 g/mol. The van der Waals surface area contributed by atoms with E-state index in [2.05, 4.69) is 5.32 Å². The normalized spacial score (nSPS) is 11.6. The molecule has 7 heteroatoms. The SMILES string of the molecule is COc1ccc(NC(=O)C[NH+](C)CC(=O)N(C)Cc2cccc(F)c2)cc1. The Hall–Kier alpha value is -2.93. The van der Waals surface area contributed by atoms with Gasteiger partial charge in [0, 0.05) is 19.3 Å². The van der Waals surface area contributed by atoms with Gasteiger partial charge in [-0.3, -0.25) is 9.59 Å². The fourth-order valence-corrected chi connectivity index (χ4v) is 2.61. The van der Waals surface area contributed by atoms with Crippen molar-refractivity contribution in [2.45, 2.75) is 6.54 Å². The number of likely N-dealkylation sites (N-methyl/N-ethyl adjacent to an activating group) is 2. The third kappa shape index (κ3) is 6.71. The number of rotatable bonds is 8. The van der Waals surface area contributed by atoms with E-state index in [1.807, 2.05) is 0 Å². The van der Waals surface area contributed by atoms with Gasteiger partial charge in [0.05, 0.1) is 14.2 Å². The van der Waals surface area contributed by atoms with Crippen molar-refractivity contribution in [1.82, 2.24) is 4.90 Å². The van der Waals surface area contributed by atoms with Crippen molar-refractivity contribution in [2.24, 2.45) is 0 Å². The maximum atomic E-state index is 13.2. The minimum absolute atomic E-state index is 0.117. The van der Waals surface area contributed by atoms with E-state index in [0.717, 1.165) is 10.5 Å². The third-order valence-electron chi connectivity index (χ3n) is 4.02. The molecule has 0 heterocycles. The van der Waals surface area contributed by atoms with Gasteiger partial charge in [0.1, 0.15) is 11.6 Å². The Morgan fingerprint density at radius 1 is 1.15 bits per heavy atom. The Balaban J connectivity index is 1.79. The molecular weight excluding hydrogens is 349 g/mol. The first-order valence-electron chi connectivity index (χ1n) is 8.61. The molecule has 0 spiro atoms. The van der Waals surface area contributed by atoms with Crippen molar-refractivity contribution >= 4 is 17.5 Å². The largest absolute Gasteiger partial charge is 0.497 e. The molecule has 2 aromatic carbocycles. The quantitative estimate of drug-likeness (QED) is 0.723. The van der Waals surface area contributed by atoms with E-state index in [4.69, 9.17) is 4.74 Å². The molecule has 0 aromatic heterocycles. The number of amides is 2. The van der Waals surface area contributed by atoms with Crippen LogP contribution < -0.4 is 15.0 Å². The highest BCUT2D eigenvalue weighted by Crippen LogP contribution is 2.14. The third-order valence-corrected chi connectivity index (χ3v) is 4.02. The number of ether oxygens (including phenoxy) is 1. The molecule has 0 radical (unpaired) electrons. The number of benzene rings is 2. The standard InChI is InChI=1S/C20H24FN3O3/c1-23(13-19(25)22-17-7-9-18(27-3)10-8-17)14-20(26)24(2)12-15-5-4-6-16(21)11-15/h4-11H,12-14H2,1-3H3,(H,22,25)/p+1. The number of halogens is 1. The second kappa shape index (κ2) is 9.68. The van der Waals surface area contributed by atoms with Crippen LogP contribution in [0.5, 0.6) is 5.75 Å². The van der Waals surface area contributed by atoms with Crippen molar-refractivity contribution < 1.29 is 23.6 Å². The number of carbonyl (C=O) groups is 2. The highest BCUT2D eigenvalue weighted by atomic mass is 19.1. The lowest BCUT2D eigenvalue weighted by molar-refractivity contribution is -0.862. The summed E-state index contributed by atoms with van der Waals surface area (Å²) in [5.41, 5.74) is 1.39. The van der Waals surface area contributed by atoms with E-state index in [1.165, 1.54) is 17.0 Å². The molecule has 2 aromatic rings. The summed E-state index contributed by atoms with van der Waals surface area (Å²) in [6.07, 6.45) is 0. The van der Waals surface area contributed by atoms with Crippen LogP contribution in [0.2, 0.25) is 0 Å². The predicted octanol–water partition coefficient (Wildman–Crippen LogP) is 0.946. The number of carbonyl (C=O) groups excluding carboxylic acids is 2. The van der Waals surface area contributed by atoms with Crippen molar-refractivity contribution in [2.75, 3.05) is 39.6 Å². The molecule has 144 valence electrons. The van der Waals surface area contributed by atoms with E-state index < -0.39 is 0 Å². The molecule has 6 nitrogen and oxygen atoms in total. The summed E-state index contributed by atoms with van der Waals surface area (Å²) in [5, 5.41) is 2.79. The van der Waals surface area contributed by atoms with Crippen LogP contribution in [0, 0.1) is 5.82 Å². The molecular formula is C20H25FN3O3+. The lowest BCUT2D eigenvalue weighted by atomic mass is 10.2. The first-order valence-corrected chi connectivity index (χ1v) is 8.61. The van der Waals surface area contributed by atoms with Gasteiger partial charge in [-0.1, -0.05) is 12.1 Å². The van der Waals surface area contributed by atoms with Gasteiger partial charge >= 0.3 is 0 Å². The molecule has 0 fully saturated rings. The lowest BCUT2D eigenvalue weighted by Gasteiger charge is -2.20. The molecule has 1 atom stereocenters. The van der Waals surface area contributed by atoms with Crippen LogP contribution in [-0.2, 0) is 16.1 Å². The van der Waals surface area contributed by atoms with Crippen LogP contribution in [0.3, 0.4) is 0 Å². The summed E-state index contributed by atoms with van der Waals surface area (Å²) in [6, 6.07) is 13.2. The summed E-state index contributed by atoms with van der Waals surface area (Å²) >= 11 is 0. The second-order valence-electron chi connectivity index (χ2n) is 6.47. The fraction of sp³-hybridized carbons (Fsp3) is 0.300. The van der Waals surface area contributed by atoms with E-state index in [1.54, 1.807) is 57.6 Å². The summed E-state index contributed by atoms with van der Waals surface area (Å²) in [7, 11) is 5.02. The number of hydrogen-bond donors (Lipinski definition) is 2. The number of nitrogens with zero attached hydrogens (tertiary/aromatic N) is 1.